The molecule has 0 aliphatic carbocycles. The molecule has 0 amide bonds. The molecule has 88 valence electrons. The van der Waals surface area contributed by atoms with Crippen LogP contribution in [0.3, 0.4) is 0 Å². The summed E-state index contributed by atoms with van der Waals surface area (Å²) in [7, 11) is 3.86. The van der Waals surface area contributed by atoms with Gasteiger partial charge in [0, 0.05) is 35.3 Å². The summed E-state index contributed by atoms with van der Waals surface area (Å²) in [5, 5.41) is 6.23. The first-order chi connectivity index (χ1) is 8.31. The highest BCUT2D eigenvalue weighted by Gasteiger charge is 1.97. The van der Waals surface area contributed by atoms with E-state index in [1.807, 2.05) is 14.1 Å². The van der Waals surface area contributed by atoms with Crippen LogP contribution >= 0.6 is 11.8 Å². The summed E-state index contributed by atoms with van der Waals surface area (Å²) in [6, 6.07) is 16.9. The quantitative estimate of drug-likeness (QED) is 0.852. The lowest BCUT2D eigenvalue weighted by atomic mass is 10.3. The van der Waals surface area contributed by atoms with E-state index in [1.54, 1.807) is 11.8 Å². The van der Waals surface area contributed by atoms with Crippen LogP contribution in [0.2, 0.25) is 0 Å². The number of nitrogens with one attached hydrogen (secondary N) is 2. The Morgan fingerprint density at radius 1 is 0.647 bits per heavy atom. The van der Waals surface area contributed by atoms with Crippen molar-refractivity contribution in [2.24, 2.45) is 0 Å². The smallest absolute Gasteiger partial charge is 0.0338 e. The molecule has 0 aliphatic heterocycles. The van der Waals surface area contributed by atoms with Gasteiger partial charge in [0.15, 0.2) is 0 Å². The third-order valence-electron chi connectivity index (χ3n) is 2.52. The summed E-state index contributed by atoms with van der Waals surface area (Å²) in [6.07, 6.45) is 0. The topological polar surface area (TPSA) is 24.1 Å². The lowest BCUT2D eigenvalue weighted by Crippen LogP contribution is -1.87. The summed E-state index contributed by atoms with van der Waals surface area (Å²) < 4.78 is 0. The lowest BCUT2D eigenvalue weighted by molar-refractivity contribution is 1.38. The van der Waals surface area contributed by atoms with E-state index in [2.05, 4.69) is 59.2 Å². The molecule has 2 nitrogen and oxygen atoms in total. The molecule has 17 heavy (non-hydrogen) atoms. The molecule has 0 aliphatic rings. The van der Waals surface area contributed by atoms with E-state index in [1.165, 1.54) is 9.79 Å². The summed E-state index contributed by atoms with van der Waals surface area (Å²) in [5.41, 5.74) is 2.28. The van der Waals surface area contributed by atoms with Crippen LogP contribution in [-0.4, -0.2) is 14.1 Å². The first-order valence-corrected chi connectivity index (χ1v) is 6.37. The third-order valence-corrected chi connectivity index (χ3v) is 3.54. The van der Waals surface area contributed by atoms with E-state index < -0.39 is 0 Å². The van der Waals surface area contributed by atoms with Gasteiger partial charge < -0.3 is 10.6 Å². The van der Waals surface area contributed by atoms with Gasteiger partial charge in [-0.1, -0.05) is 11.8 Å². The van der Waals surface area contributed by atoms with Gasteiger partial charge in [-0.05, 0) is 48.5 Å². The van der Waals surface area contributed by atoms with Crippen LogP contribution in [-0.2, 0) is 0 Å². The maximum atomic E-state index is 3.12. The van der Waals surface area contributed by atoms with Gasteiger partial charge in [-0.25, -0.2) is 0 Å². The van der Waals surface area contributed by atoms with Gasteiger partial charge in [0.25, 0.3) is 0 Å². The lowest BCUT2D eigenvalue weighted by Gasteiger charge is -2.05. The Morgan fingerprint density at radius 2 is 1.00 bits per heavy atom. The largest absolute Gasteiger partial charge is 0.388 e. The monoisotopic (exact) mass is 244 g/mol. The summed E-state index contributed by atoms with van der Waals surface area (Å²) in [5.74, 6) is 0. The van der Waals surface area contributed by atoms with Crippen LogP contribution in [0, 0.1) is 0 Å². The van der Waals surface area contributed by atoms with Gasteiger partial charge in [-0.3, -0.25) is 0 Å². The summed E-state index contributed by atoms with van der Waals surface area (Å²) in [4.78, 5) is 2.50. The van der Waals surface area contributed by atoms with Crippen molar-refractivity contribution in [2.45, 2.75) is 9.79 Å². The molecule has 0 radical (unpaired) electrons. The van der Waals surface area contributed by atoms with Gasteiger partial charge in [0.1, 0.15) is 0 Å². The van der Waals surface area contributed by atoms with Crippen molar-refractivity contribution in [1.82, 2.24) is 0 Å². The van der Waals surface area contributed by atoms with Crippen molar-refractivity contribution in [1.29, 1.82) is 0 Å². The molecule has 0 saturated heterocycles. The predicted molar refractivity (Wildman–Crippen MR) is 76.1 cm³/mol. The molecule has 2 N–H and O–H groups in total. The first kappa shape index (κ1) is 11.9. The zero-order valence-electron chi connectivity index (χ0n) is 10.0. The Labute approximate surface area is 106 Å². The second-order valence-electron chi connectivity index (χ2n) is 3.65. The zero-order valence-corrected chi connectivity index (χ0v) is 10.8. The number of hydrogen-bond donors (Lipinski definition) is 2. The number of benzene rings is 2. The molecule has 0 atom stereocenters. The van der Waals surface area contributed by atoms with Crippen LogP contribution in [0.4, 0.5) is 11.4 Å². The van der Waals surface area contributed by atoms with Crippen LogP contribution in [0.1, 0.15) is 0 Å². The van der Waals surface area contributed by atoms with Crippen molar-refractivity contribution in [2.75, 3.05) is 24.7 Å². The average molecular weight is 244 g/mol. The van der Waals surface area contributed by atoms with Crippen LogP contribution in [0.5, 0.6) is 0 Å². The SMILES string of the molecule is CNc1ccc(Sc2ccc(NC)cc2)cc1. The average Bonchev–Trinajstić information content (AvgIpc) is 2.40. The molecule has 0 aromatic heterocycles. The molecule has 0 spiro atoms. The predicted octanol–water partition coefficient (Wildman–Crippen LogP) is 3.92. The van der Waals surface area contributed by atoms with Crippen molar-refractivity contribution in [3.05, 3.63) is 48.5 Å². The van der Waals surface area contributed by atoms with Crippen LogP contribution in [0.25, 0.3) is 0 Å². The molecule has 0 saturated carbocycles. The summed E-state index contributed by atoms with van der Waals surface area (Å²) >= 11 is 1.77. The molecule has 2 rings (SSSR count). The molecular weight excluding hydrogens is 228 g/mol. The van der Waals surface area contributed by atoms with Gasteiger partial charge in [-0.15, -0.1) is 0 Å². The summed E-state index contributed by atoms with van der Waals surface area (Å²) in [6.45, 7) is 0. The molecule has 0 unspecified atom stereocenters. The van der Waals surface area contributed by atoms with Crippen molar-refractivity contribution in [3.8, 4) is 0 Å². The third kappa shape index (κ3) is 3.17. The van der Waals surface area contributed by atoms with Gasteiger partial charge in [0.05, 0.1) is 0 Å². The van der Waals surface area contributed by atoms with Crippen LogP contribution < -0.4 is 10.6 Å². The van der Waals surface area contributed by atoms with Crippen LogP contribution in [0.15, 0.2) is 58.3 Å². The minimum Gasteiger partial charge on any atom is -0.388 e. The van der Waals surface area contributed by atoms with Gasteiger partial charge in [-0.2, -0.15) is 0 Å². The molecule has 2 aromatic rings. The van der Waals surface area contributed by atoms with Gasteiger partial charge >= 0.3 is 0 Å². The van der Waals surface area contributed by atoms with E-state index in [9.17, 15) is 0 Å². The fourth-order valence-electron chi connectivity index (χ4n) is 1.52. The van der Waals surface area contributed by atoms with Gasteiger partial charge in [0.2, 0.25) is 0 Å². The zero-order chi connectivity index (χ0) is 12.1. The standard InChI is InChI=1S/C14H16N2S/c1-15-11-3-7-13(8-4-11)17-14-9-5-12(16-2)6-10-14/h3-10,15-16H,1-2H3. The Kier molecular flexibility index (Phi) is 3.94. The van der Waals surface area contributed by atoms with Crippen molar-refractivity contribution >= 4 is 23.1 Å². The molecule has 2 aromatic carbocycles. The molecule has 0 fully saturated rings. The Balaban J connectivity index is 2.08. The molecule has 0 heterocycles. The Hall–Kier alpha value is -1.61. The van der Waals surface area contributed by atoms with Crippen molar-refractivity contribution in [3.63, 3.8) is 0 Å². The van der Waals surface area contributed by atoms with Crippen molar-refractivity contribution < 1.29 is 0 Å². The maximum absolute atomic E-state index is 3.12. The van der Waals surface area contributed by atoms with E-state index >= 15 is 0 Å². The number of anilines is 2. The number of hydrogen-bond acceptors (Lipinski definition) is 3. The molecular formula is C14H16N2S. The molecule has 3 heteroatoms. The minimum atomic E-state index is 1.14. The molecule has 0 bridgehead atoms. The maximum Gasteiger partial charge on any atom is 0.0338 e. The minimum absolute atomic E-state index is 1.14. The highest BCUT2D eigenvalue weighted by Crippen LogP contribution is 2.29. The van der Waals surface area contributed by atoms with E-state index in [0.29, 0.717) is 0 Å². The van der Waals surface area contributed by atoms with E-state index in [0.717, 1.165) is 11.4 Å². The Bertz CT molecular complexity index is 417. The second kappa shape index (κ2) is 5.64. The highest BCUT2D eigenvalue weighted by molar-refractivity contribution is 7.99. The number of rotatable bonds is 4. The fraction of sp³-hybridized carbons (Fsp3) is 0.143. The fourth-order valence-corrected chi connectivity index (χ4v) is 2.33. The first-order valence-electron chi connectivity index (χ1n) is 5.55. The van der Waals surface area contributed by atoms with E-state index in [4.69, 9.17) is 0 Å². The van der Waals surface area contributed by atoms with E-state index in [-0.39, 0.29) is 0 Å². The second-order valence-corrected chi connectivity index (χ2v) is 4.80. The highest BCUT2D eigenvalue weighted by atomic mass is 32.2. The normalized spacial score (nSPS) is 10.0. The Morgan fingerprint density at radius 3 is 1.29 bits per heavy atom.